The van der Waals surface area contributed by atoms with E-state index in [9.17, 15) is 4.79 Å². The van der Waals surface area contributed by atoms with Crippen molar-refractivity contribution in [3.63, 3.8) is 0 Å². The van der Waals surface area contributed by atoms with Crippen LogP contribution in [0.25, 0.3) is 0 Å². The fourth-order valence-corrected chi connectivity index (χ4v) is 3.72. The lowest BCUT2D eigenvalue weighted by Gasteiger charge is -2.41. The number of ether oxygens (including phenoxy) is 1. The molecule has 0 aromatic heterocycles. The molecular formula is C15H18O3. The molecule has 0 bridgehead atoms. The largest absolute Gasteiger partial charge is 0.506 e. The van der Waals surface area contributed by atoms with Crippen molar-refractivity contribution in [3.8, 4) is 0 Å². The number of hydrogen-bond acceptors (Lipinski definition) is 2. The van der Waals surface area contributed by atoms with Crippen LogP contribution in [0.3, 0.4) is 0 Å². The molecule has 1 aromatic rings. The first-order chi connectivity index (χ1) is 8.75. The van der Waals surface area contributed by atoms with E-state index in [-0.39, 0.29) is 6.10 Å². The van der Waals surface area contributed by atoms with Crippen LogP contribution in [0, 0.1) is 5.92 Å². The van der Waals surface area contributed by atoms with Gasteiger partial charge in [0.05, 0.1) is 0 Å². The summed E-state index contributed by atoms with van der Waals surface area (Å²) in [6.45, 7) is 0. The summed E-state index contributed by atoms with van der Waals surface area (Å²) in [7, 11) is 0. The highest BCUT2D eigenvalue weighted by Gasteiger charge is 2.39. The zero-order valence-electron chi connectivity index (χ0n) is 10.3. The van der Waals surface area contributed by atoms with Gasteiger partial charge in [-0.2, -0.15) is 0 Å². The topological polar surface area (TPSA) is 46.5 Å². The Labute approximate surface area is 107 Å². The lowest BCUT2D eigenvalue weighted by molar-refractivity contribution is -0.00523. The Morgan fingerprint density at radius 2 is 2.06 bits per heavy atom. The van der Waals surface area contributed by atoms with Gasteiger partial charge in [-0.25, -0.2) is 4.79 Å². The van der Waals surface area contributed by atoms with Crippen LogP contribution in [-0.4, -0.2) is 17.4 Å². The Balaban J connectivity index is 1.87. The minimum Gasteiger partial charge on any atom is -0.450 e. The van der Waals surface area contributed by atoms with E-state index in [1.807, 2.05) is 0 Å². The van der Waals surface area contributed by atoms with Gasteiger partial charge in [0, 0.05) is 5.92 Å². The van der Waals surface area contributed by atoms with E-state index in [4.69, 9.17) is 9.84 Å². The second kappa shape index (κ2) is 4.63. The third-order valence-electron chi connectivity index (χ3n) is 4.45. The summed E-state index contributed by atoms with van der Waals surface area (Å²) in [6.07, 6.45) is 4.00. The first-order valence-corrected chi connectivity index (χ1v) is 6.73. The van der Waals surface area contributed by atoms with Crippen molar-refractivity contribution < 1.29 is 14.6 Å². The molecule has 1 saturated carbocycles. The van der Waals surface area contributed by atoms with Crippen LogP contribution in [0.4, 0.5) is 4.79 Å². The van der Waals surface area contributed by atoms with Crippen molar-refractivity contribution >= 4 is 6.16 Å². The van der Waals surface area contributed by atoms with Crippen LogP contribution in [-0.2, 0) is 11.2 Å². The van der Waals surface area contributed by atoms with E-state index >= 15 is 0 Å². The molecule has 3 heteroatoms. The van der Waals surface area contributed by atoms with E-state index < -0.39 is 6.16 Å². The number of carboxylic acid groups (broad SMARTS) is 1. The summed E-state index contributed by atoms with van der Waals surface area (Å²) < 4.78 is 5.09. The van der Waals surface area contributed by atoms with Gasteiger partial charge in [-0.15, -0.1) is 0 Å². The van der Waals surface area contributed by atoms with Crippen LogP contribution in [0.5, 0.6) is 0 Å². The quantitative estimate of drug-likeness (QED) is 0.770. The highest BCUT2D eigenvalue weighted by Crippen LogP contribution is 2.46. The van der Waals surface area contributed by atoms with Gasteiger partial charge in [-0.3, -0.25) is 0 Å². The first kappa shape index (κ1) is 11.6. The fraction of sp³-hybridized carbons (Fsp3) is 0.533. The van der Waals surface area contributed by atoms with Gasteiger partial charge < -0.3 is 9.84 Å². The fourth-order valence-electron chi connectivity index (χ4n) is 3.72. The van der Waals surface area contributed by atoms with Crippen LogP contribution in [0.2, 0.25) is 0 Å². The van der Waals surface area contributed by atoms with E-state index in [1.54, 1.807) is 0 Å². The third kappa shape index (κ3) is 1.98. The molecule has 1 N–H and O–H groups in total. The van der Waals surface area contributed by atoms with Gasteiger partial charge in [-0.05, 0) is 49.1 Å². The molecule has 3 nitrogen and oxygen atoms in total. The second-order valence-corrected chi connectivity index (χ2v) is 5.36. The van der Waals surface area contributed by atoms with Crippen molar-refractivity contribution in [2.45, 2.75) is 44.1 Å². The lowest BCUT2D eigenvalue weighted by atomic mass is 9.67. The monoisotopic (exact) mass is 246 g/mol. The molecule has 0 radical (unpaired) electrons. The maximum Gasteiger partial charge on any atom is 0.506 e. The zero-order valence-corrected chi connectivity index (χ0v) is 10.3. The van der Waals surface area contributed by atoms with Crippen LogP contribution >= 0.6 is 0 Å². The first-order valence-electron chi connectivity index (χ1n) is 6.73. The standard InChI is InChI=1S/C15H18O3/c16-15(17)18-14-7-3-6-12-11-5-2-1-4-10(11)8-9-13(12)14/h1-2,4-5,12-14H,3,6-9H2,(H,16,17). The Morgan fingerprint density at radius 1 is 1.22 bits per heavy atom. The van der Waals surface area contributed by atoms with Crippen LogP contribution in [0.1, 0.15) is 42.7 Å². The maximum atomic E-state index is 10.8. The Kier molecular flexibility index (Phi) is 2.98. The number of hydrogen-bond donors (Lipinski definition) is 1. The molecule has 3 atom stereocenters. The number of rotatable bonds is 1. The molecule has 2 aliphatic rings. The molecule has 0 spiro atoms. The number of aryl methyl sites for hydroxylation is 1. The van der Waals surface area contributed by atoms with E-state index in [1.165, 1.54) is 17.5 Å². The van der Waals surface area contributed by atoms with Gasteiger partial charge in [0.2, 0.25) is 0 Å². The molecule has 2 aliphatic carbocycles. The Bertz CT molecular complexity index is 455. The van der Waals surface area contributed by atoms with Crippen molar-refractivity contribution in [2.24, 2.45) is 5.92 Å². The highest BCUT2D eigenvalue weighted by atomic mass is 16.7. The minimum absolute atomic E-state index is 0.102. The van der Waals surface area contributed by atoms with Crippen molar-refractivity contribution in [3.05, 3.63) is 35.4 Å². The lowest BCUT2D eigenvalue weighted by Crippen LogP contribution is -2.37. The molecule has 3 rings (SSSR count). The molecular weight excluding hydrogens is 228 g/mol. The zero-order chi connectivity index (χ0) is 12.5. The molecule has 0 heterocycles. The van der Waals surface area contributed by atoms with Gasteiger partial charge in [-0.1, -0.05) is 24.3 Å². The summed E-state index contributed by atoms with van der Waals surface area (Å²) in [4.78, 5) is 10.8. The molecule has 1 fully saturated rings. The van der Waals surface area contributed by atoms with Crippen LogP contribution in [0.15, 0.2) is 24.3 Å². The van der Waals surface area contributed by atoms with Crippen LogP contribution < -0.4 is 0 Å². The van der Waals surface area contributed by atoms with Gasteiger partial charge in [0.25, 0.3) is 0 Å². The van der Waals surface area contributed by atoms with E-state index in [0.29, 0.717) is 11.8 Å². The molecule has 3 unspecified atom stereocenters. The normalized spacial score (nSPS) is 30.1. The molecule has 0 aliphatic heterocycles. The van der Waals surface area contributed by atoms with E-state index in [0.717, 1.165) is 25.7 Å². The van der Waals surface area contributed by atoms with E-state index in [2.05, 4.69) is 24.3 Å². The molecule has 0 amide bonds. The second-order valence-electron chi connectivity index (χ2n) is 5.36. The molecule has 0 saturated heterocycles. The maximum absolute atomic E-state index is 10.8. The molecule has 1 aromatic carbocycles. The van der Waals surface area contributed by atoms with Gasteiger partial charge >= 0.3 is 6.16 Å². The third-order valence-corrected chi connectivity index (χ3v) is 4.45. The highest BCUT2D eigenvalue weighted by molar-refractivity contribution is 5.57. The summed E-state index contributed by atoms with van der Waals surface area (Å²) >= 11 is 0. The molecule has 18 heavy (non-hydrogen) atoms. The summed E-state index contributed by atoms with van der Waals surface area (Å²) in [5.74, 6) is 0.873. The Hall–Kier alpha value is -1.51. The summed E-state index contributed by atoms with van der Waals surface area (Å²) in [6, 6.07) is 8.58. The predicted molar refractivity (Wildman–Crippen MR) is 67.7 cm³/mol. The number of fused-ring (bicyclic) bond motifs is 3. The average molecular weight is 246 g/mol. The van der Waals surface area contributed by atoms with Crippen molar-refractivity contribution in [1.82, 2.24) is 0 Å². The predicted octanol–water partition coefficient (Wildman–Crippen LogP) is 3.58. The van der Waals surface area contributed by atoms with Crippen molar-refractivity contribution in [2.75, 3.05) is 0 Å². The molecule has 96 valence electrons. The Morgan fingerprint density at radius 3 is 2.89 bits per heavy atom. The van der Waals surface area contributed by atoms with Crippen molar-refractivity contribution in [1.29, 1.82) is 0 Å². The summed E-state index contributed by atoms with van der Waals surface area (Å²) in [5, 5.41) is 8.83. The number of benzene rings is 1. The van der Waals surface area contributed by atoms with Gasteiger partial charge in [0.15, 0.2) is 0 Å². The smallest absolute Gasteiger partial charge is 0.450 e. The SMILES string of the molecule is O=C(O)OC1CCCC2c3ccccc3CCC12. The summed E-state index contributed by atoms with van der Waals surface area (Å²) in [5.41, 5.74) is 2.86. The minimum atomic E-state index is -1.13. The number of carbonyl (C=O) groups is 1. The van der Waals surface area contributed by atoms with Gasteiger partial charge in [0.1, 0.15) is 6.10 Å². The average Bonchev–Trinajstić information content (AvgIpc) is 2.38.